The highest BCUT2D eigenvalue weighted by molar-refractivity contribution is 5.54. The van der Waals surface area contributed by atoms with Crippen molar-refractivity contribution in [2.45, 2.75) is 38.5 Å². The maximum Gasteiger partial charge on any atom is 0.123 e. The van der Waals surface area contributed by atoms with Gasteiger partial charge in [0.1, 0.15) is 6.29 Å². The van der Waals surface area contributed by atoms with E-state index in [1.165, 1.54) is 38.5 Å². The van der Waals surface area contributed by atoms with Gasteiger partial charge in [-0.25, -0.2) is 0 Å². The molecule has 0 saturated heterocycles. The van der Waals surface area contributed by atoms with Crippen molar-refractivity contribution in [3.63, 3.8) is 0 Å². The number of hydrogen-bond acceptors (Lipinski definition) is 1. The first kappa shape index (κ1) is 6.38. The van der Waals surface area contributed by atoms with Crippen LogP contribution < -0.4 is 0 Å². The SMILES string of the molecule is O=CC1CCC2(CCC2)C1. The summed E-state index contributed by atoms with van der Waals surface area (Å²) >= 11 is 0. The molecule has 0 bridgehead atoms. The summed E-state index contributed by atoms with van der Waals surface area (Å²) in [7, 11) is 0. The van der Waals surface area contributed by atoms with Crippen LogP contribution in [-0.4, -0.2) is 6.29 Å². The van der Waals surface area contributed by atoms with E-state index in [1.54, 1.807) is 0 Å². The number of aldehydes is 1. The van der Waals surface area contributed by atoms with Crippen molar-refractivity contribution in [1.29, 1.82) is 0 Å². The largest absolute Gasteiger partial charge is 0.303 e. The molecule has 0 aromatic carbocycles. The van der Waals surface area contributed by atoms with Crippen molar-refractivity contribution in [2.75, 3.05) is 0 Å². The Balaban J connectivity index is 1.98. The van der Waals surface area contributed by atoms with Gasteiger partial charge < -0.3 is 4.79 Å². The average molecular weight is 138 g/mol. The Kier molecular flexibility index (Phi) is 1.33. The molecule has 56 valence electrons. The van der Waals surface area contributed by atoms with Gasteiger partial charge in [0.25, 0.3) is 0 Å². The van der Waals surface area contributed by atoms with Crippen LogP contribution in [0, 0.1) is 11.3 Å². The molecule has 0 aliphatic heterocycles. The zero-order valence-corrected chi connectivity index (χ0v) is 6.31. The van der Waals surface area contributed by atoms with Crippen molar-refractivity contribution >= 4 is 6.29 Å². The molecule has 1 nitrogen and oxygen atoms in total. The monoisotopic (exact) mass is 138 g/mol. The van der Waals surface area contributed by atoms with Crippen LogP contribution in [0.5, 0.6) is 0 Å². The van der Waals surface area contributed by atoms with Crippen LogP contribution in [0.4, 0.5) is 0 Å². The second kappa shape index (κ2) is 2.08. The first-order valence-electron chi connectivity index (χ1n) is 4.30. The van der Waals surface area contributed by atoms with Gasteiger partial charge in [0.05, 0.1) is 0 Å². The zero-order valence-electron chi connectivity index (χ0n) is 6.31. The van der Waals surface area contributed by atoms with Crippen molar-refractivity contribution in [3.8, 4) is 0 Å². The quantitative estimate of drug-likeness (QED) is 0.507. The topological polar surface area (TPSA) is 17.1 Å². The summed E-state index contributed by atoms with van der Waals surface area (Å²) in [5.74, 6) is 0.417. The minimum atomic E-state index is 0.417. The molecule has 0 radical (unpaired) electrons. The Labute approximate surface area is 61.8 Å². The highest BCUT2D eigenvalue weighted by Crippen LogP contribution is 2.54. The lowest BCUT2D eigenvalue weighted by Crippen LogP contribution is -2.25. The smallest absolute Gasteiger partial charge is 0.123 e. The number of rotatable bonds is 1. The molecule has 1 unspecified atom stereocenters. The summed E-state index contributed by atoms with van der Waals surface area (Å²) in [6, 6.07) is 0. The van der Waals surface area contributed by atoms with Crippen LogP contribution in [-0.2, 0) is 4.79 Å². The van der Waals surface area contributed by atoms with Crippen LogP contribution in [0.3, 0.4) is 0 Å². The molecule has 2 fully saturated rings. The molecule has 2 rings (SSSR count). The van der Waals surface area contributed by atoms with Gasteiger partial charge >= 0.3 is 0 Å². The molecule has 0 heterocycles. The summed E-state index contributed by atoms with van der Waals surface area (Å²) in [6.45, 7) is 0. The molecular formula is C9H14O. The summed E-state index contributed by atoms with van der Waals surface area (Å²) in [6.07, 6.45) is 9.07. The number of hydrogen-bond donors (Lipinski definition) is 0. The van der Waals surface area contributed by atoms with Gasteiger partial charge in [-0.2, -0.15) is 0 Å². The summed E-state index contributed by atoms with van der Waals surface area (Å²) in [4.78, 5) is 10.4. The molecule has 0 N–H and O–H groups in total. The van der Waals surface area contributed by atoms with E-state index in [0.717, 1.165) is 6.29 Å². The van der Waals surface area contributed by atoms with E-state index in [9.17, 15) is 4.79 Å². The lowest BCUT2D eigenvalue weighted by Gasteiger charge is -2.38. The van der Waals surface area contributed by atoms with Crippen molar-refractivity contribution < 1.29 is 4.79 Å². The Hall–Kier alpha value is -0.330. The molecule has 2 saturated carbocycles. The Bertz CT molecular complexity index is 147. The summed E-state index contributed by atoms with van der Waals surface area (Å²) in [5.41, 5.74) is 0.658. The van der Waals surface area contributed by atoms with E-state index in [2.05, 4.69) is 0 Å². The van der Waals surface area contributed by atoms with Crippen LogP contribution in [0.25, 0.3) is 0 Å². The van der Waals surface area contributed by atoms with Gasteiger partial charge in [-0.1, -0.05) is 6.42 Å². The van der Waals surface area contributed by atoms with Gasteiger partial charge in [0.15, 0.2) is 0 Å². The maximum atomic E-state index is 10.4. The van der Waals surface area contributed by atoms with E-state index in [0.29, 0.717) is 11.3 Å². The molecule has 1 spiro atoms. The van der Waals surface area contributed by atoms with E-state index < -0.39 is 0 Å². The minimum Gasteiger partial charge on any atom is -0.303 e. The van der Waals surface area contributed by atoms with E-state index >= 15 is 0 Å². The number of carbonyl (C=O) groups is 1. The second-order valence-electron chi connectivity index (χ2n) is 3.99. The van der Waals surface area contributed by atoms with Crippen LogP contribution in [0.15, 0.2) is 0 Å². The Morgan fingerprint density at radius 2 is 2.10 bits per heavy atom. The van der Waals surface area contributed by atoms with Gasteiger partial charge in [0, 0.05) is 5.92 Å². The highest BCUT2D eigenvalue weighted by atomic mass is 16.1. The lowest BCUT2D eigenvalue weighted by atomic mass is 9.67. The molecule has 1 atom stereocenters. The summed E-state index contributed by atoms with van der Waals surface area (Å²) < 4.78 is 0. The van der Waals surface area contributed by atoms with Crippen molar-refractivity contribution in [2.24, 2.45) is 11.3 Å². The Morgan fingerprint density at radius 3 is 2.40 bits per heavy atom. The standard InChI is InChI=1S/C9H14O/c10-7-8-2-5-9(6-8)3-1-4-9/h7-8H,1-6H2. The van der Waals surface area contributed by atoms with Gasteiger partial charge in [-0.15, -0.1) is 0 Å². The number of carbonyl (C=O) groups excluding carboxylic acids is 1. The molecule has 0 amide bonds. The maximum absolute atomic E-state index is 10.4. The van der Waals surface area contributed by atoms with Crippen molar-refractivity contribution in [3.05, 3.63) is 0 Å². The van der Waals surface area contributed by atoms with Gasteiger partial charge in [0.2, 0.25) is 0 Å². The molecule has 0 aromatic rings. The lowest BCUT2D eigenvalue weighted by molar-refractivity contribution is -0.111. The normalized spacial score (nSPS) is 35.8. The molecule has 2 aliphatic rings. The van der Waals surface area contributed by atoms with E-state index in [4.69, 9.17) is 0 Å². The van der Waals surface area contributed by atoms with Crippen LogP contribution >= 0.6 is 0 Å². The highest BCUT2D eigenvalue weighted by Gasteiger charge is 2.42. The first-order valence-corrected chi connectivity index (χ1v) is 4.30. The Morgan fingerprint density at radius 1 is 1.30 bits per heavy atom. The fourth-order valence-electron chi connectivity index (χ4n) is 2.50. The van der Waals surface area contributed by atoms with Crippen molar-refractivity contribution in [1.82, 2.24) is 0 Å². The van der Waals surface area contributed by atoms with Crippen LogP contribution in [0.2, 0.25) is 0 Å². The second-order valence-corrected chi connectivity index (χ2v) is 3.99. The third-order valence-electron chi connectivity index (χ3n) is 3.35. The predicted molar refractivity (Wildman–Crippen MR) is 39.7 cm³/mol. The third-order valence-corrected chi connectivity index (χ3v) is 3.35. The van der Waals surface area contributed by atoms with Gasteiger partial charge in [-0.3, -0.25) is 0 Å². The fraction of sp³-hybridized carbons (Fsp3) is 0.889. The fourth-order valence-corrected chi connectivity index (χ4v) is 2.50. The molecular weight excluding hydrogens is 124 g/mol. The predicted octanol–water partition coefficient (Wildman–Crippen LogP) is 2.16. The zero-order chi connectivity index (χ0) is 7.03. The minimum absolute atomic E-state index is 0.417. The van der Waals surface area contributed by atoms with E-state index in [1.807, 2.05) is 0 Å². The molecule has 10 heavy (non-hydrogen) atoms. The van der Waals surface area contributed by atoms with Gasteiger partial charge in [-0.05, 0) is 37.5 Å². The van der Waals surface area contributed by atoms with E-state index in [-0.39, 0.29) is 0 Å². The molecule has 2 aliphatic carbocycles. The van der Waals surface area contributed by atoms with Crippen LogP contribution in [0.1, 0.15) is 38.5 Å². The first-order chi connectivity index (χ1) is 4.85. The average Bonchev–Trinajstić information content (AvgIpc) is 2.29. The third kappa shape index (κ3) is 0.799. The molecule has 0 aromatic heterocycles. The molecule has 1 heteroatoms. The summed E-state index contributed by atoms with van der Waals surface area (Å²) in [5, 5.41) is 0.